The van der Waals surface area contributed by atoms with Gasteiger partial charge in [-0.15, -0.1) is 0 Å². The van der Waals surface area contributed by atoms with Crippen molar-refractivity contribution in [1.29, 1.82) is 0 Å². The molecule has 1 amide bonds. The number of carbonyl (C=O) groups excluding carboxylic acids is 1. The molecule has 0 radical (unpaired) electrons. The smallest absolute Gasteiger partial charge is 0.413 e. The van der Waals surface area contributed by atoms with E-state index in [1.807, 2.05) is 13.0 Å². The zero-order valence-electron chi connectivity index (χ0n) is 20.8. The lowest BCUT2D eigenvalue weighted by Crippen LogP contribution is -2.51. The van der Waals surface area contributed by atoms with Crippen molar-refractivity contribution in [3.05, 3.63) is 24.3 Å². The lowest BCUT2D eigenvalue weighted by atomic mass is 9.76. The second-order valence-corrected chi connectivity index (χ2v) is 13.2. The third-order valence-electron chi connectivity index (χ3n) is 7.06. The van der Waals surface area contributed by atoms with Gasteiger partial charge in [0.15, 0.2) is 0 Å². The molecule has 1 aliphatic carbocycles. The number of hydrogen-bond donors (Lipinski definition) is 2. The first kappa shape index (κ1) is 24.3. The molecule has 3 aliphatic rings. The fourth-order valence-corrected chi connectivity index (χ4v) is 6.16. The Morgan fingerprint density at radius 1 is 1.11 bits per heavy atom. The second-order valence-electron chi connectivity index (χ2n) is 11.5. The first-order chi connectivity index (χ1) is 16.4. The van der Waals surface area contributed by atoms with Gasteiger partial charge in [-0.05, 0) is 77.6 Å². The van der Waals surface area contributed by atoms with Crippen molar-refractivity contribution in [3.63, 3.8) is 0 Å². The van der Waals surface area contributed by atoms with Crippen molar-refractivity contribution in [2.75, 3.05) is 36.5 Å². The minimum Gasteiger partial charge on any atom is -0.444 e. The summed E-state index contributed by atoms with van der Waals surface area (Å²) in [5.41, 5.74) is 0.584. The van der Waals surface area contributed by atoms with Gasteiger partial charge in [0.05, 0.1) is 23.6 Å². The Bertz CT molecular complexity index is 1250. The summed E-state index contributed by atoms with van der Waals surface area (Å²) in [5.74, 6) is 0.304. The Labute approximate surface area is 206 Å². The number of rotatable bonds is 5. The molecule has 2 saturated heterocycles. The van der Waals surface area contributed by atoms with Gasteiger partial charge in [-0.2, -0.15) is 0 Å². The van der Waals surface area contributed by atoms with Gasteiger partial charge in [0.2, 0.25) is 10.0 Å². The van der Waals surface area contributed by atoms with Crippen molar-refractivity contribution in [2.24, 2.45) is 5.41 Å². The van der Waals surface area contributed by atoms with Crippen LogP contribution in [0.5, 0.6) is 0 Å². The molecule has 3 heterocycles. The number of anilines is 2. The van der Waals surface area contributed by atoms with E-state index in [1.54, 1.807) is 39.0 Å². The normalized spacial score (nSPS) is 21.0. The first-order valence-electron chi connectivity index (χ1n) is 12.2. The van der Waals surface area contributed by atoms with E-state index in [-0.39, 0.29) is 15.8 Å². The third-order valence-corrected chi connectivity index (χ3v) is 8.68. The van der Waals surface area contributed by atoms with Gasteiger partial charge in [-0.25, -0.2) is 22.9 Å². The van der Waals surface area contributed by atoms with Crippen LogP contribution >= 0.6 is 0 Å². The molecule has 2 aliphatic heterocycles. The van der Waals surface area contributed by atoms with Crippen LogP contribution in [0.3, 0.4) is 0 Å². The number of nitrogens with zero attached hydrogens (tertiary/aromatic N) is 2. The van der Waals surface area contributed by atoms with Gasteiger partial charge in [-0.3, -0.25) is 5.32 Å². The molecular formula is C25H34N4O5S. The van der Waals surface area contributed by atoms with E-state index in [1.165, 1.54) is 0 Å². The lowest BCUT2D eigenvalue weighted by molar-refractivity contribution is -0.124. The Morgan fingerprint density at radius 2 is 1.80 bits per heavy atom. The highest BCUT2D eigenvalue weighted by molar-refractivity contribution is 7.89. The number of ether oxygens (including phenoxy) is 2. The Morgan fingerprint density at radius 3 is 2.37 bits per heavy atom. The van der Waals surface area contributed by atoms with Crippen molar-refractivity contribution in [1.82, 2.24) is 9.71 Å². The molecule has 35 heavy (non-hydrogen) atoms. The van der Waals surface area contributed by atoms with E-state index in [4.69, 9.17) is 9.47 Å². The average Bonchev–Trinajstić information content (AvgIpc) is 3.46. The summed E-state index contributed by atoms with van der Waals surface area (Å²) in [4.78, 5) is 19.3. The van der Waals surface area contributed by atoms with E-state index in [0.717, 1.165) is 63.1 Å². The van der Waals surface area contributed by atoms with Crippen LogP contribution in [0.25, 0.3) is 10.9 Å². The Balaban J connectivity index is 1.50. The van der Waals surface area contributed by atoms with Crippen molar-refractivity contribution < 1.29 is 22.7 Å². The largest absolute Gasteiger partial charge is 0.444 e. The highest BCUT2D eigenvalue weighted by Gasteiger charge is 2.43. The monoisotopic (exact) mass is 502 g/mol. The van der Waals surface area contributed by atoms with Crippen molar-refractivity contribution in [3.8, 4) is 0 Å². The predicted molar refractivity (Wildman–Crippen MR) is 134 cm³/mol. The summed E-state index contributed by atoms with van der Waals surface area (Å²) >= 11 is 0. The van der Waals surface area contributed by atoms with Gasteiger partial charge in [0.1, 0.15) is 11.4 Å². The number of benzene rings is 1. The molecule has 1 aromatic heterocycles. The highest BCUT2D eigenvalue weighted by atomic mass is 32.2. The topological polar surface area (TPSA) is 110 Å². The minimum absolute atomic E-state index is 0.183. The van der Waals surface area contributed by atoms with Crippen molar-refractivity contribution in [2.45, 2.75) is 69.4 Å². The van der Waals surface area contributed by atoms with Gasteiger partial charge in [0, 0.05) is 35.1 Å². The molecule has 5 rings (SSSR count). The summed E-state index contributed by atoms with van der Waals surface area (Å²) in [7, 11) is -3.73. The van der Waals surface area contributed by atoms with Gasteiger partial charge in [0.25, 0.3) is 0 Å². The number of aromatic nitrogens is 1. The van der Waals surface area contributed by atoms with Crippen LogP contribution in [0.1, 0.15) is 53.4 Å². The number of carbonyl (C=O) groups is 1. The first-order valence-corrected chi connectivity index (χ1v) is 13.7. The summed E-state index contributed by atoms with van der Waals surface area (Å²) in [6, 6.07) is 6.94. The standard InChI is InChI=1S/C25H34N4O5S/c1-23(2,3)34-22(30)27-21-6-5-18-19(26-21)13-17(35(31,32)28-24(4)7-8-24)14-20(18)29-11-9-25(10-12-29)15-33-16-25/h5-6,13-14,28H,7-12,15-16H2,1-4H3,(H,26,27,30). The molecule has 3 fully saturated rings. The molecular weight excluding hydrogens is 468 g/mol. The van der Waals surface area contributed by atoms with E-state index in [2.05, 4.69) is 19.9 Å². The maximum absolute atomic E-state index is 13.3. The molecule has 0 atom stereocenters. The van der Waals surface area contributed by atoms with Crippen molar-refractivity contribution >= 4 is 38.5 Å². The summed E-state index contributed by atoms with van der Waals surface area (Å²) in [6.45, 7) is 10.5. The number of hydrogen-bond acceptors (Lipinski definition) is 7. The summed E-state index contributed by atoms with van der Waals surface area (Å²) in [5, 5.41) is 3.50. The number of nitrogens with one attached hydrogen (secondary N) is 2. The molecule has 2 N–H and O–H groups in total. The van der Waals surface area contributed by atoms with Gasteiger partial charge in [-0.1, -0.05) is 0 Å². The van der Waals surface area contributed by atoms with Crippen LogP contribution in [0.4, 0.5) is 16.3 Å². The predicted octanol–water partition coefficient (Wildman–Crippen LogP) is 4.03. The van der Waals surface area contributed by atoms with Gasteiger partial charge < -0.3 is 14.4 Å². The summed E-state index contributed by atoms with van der Waals surface area (Å²) < 4.78 is 40.2. The number of piperidine rings is 1. The number of amides is 1. The molecule has 2 aromatic rings. The molecule has 190 valence electrons. The average molecular weight is 503 g/mol. The van der Waals surface area contributed by atoms with Crippen LogP contribution in [0.2, 0.25) is 0 Å². The fraction of sp³-hybridized carbons (Fsp3) is 0.600. The zero-order chi connectivity index (χ0) is 25.1. The minimum atomic E-state index is -3.73. The van der Waals surface area contributed by atoms with Crippen LogP contribution in [0.15, 0.2) is 29.2 Å². The van der Waals surface area contributed by atoms with E-state index < -0.39 is 21.7 Å². The number of fused-ring (bicyclic) bond motifs is 1. The van der Waals surface area contributed by atoms with E-state index in [0.29, 0.717) is 11.3 Å². The van der Waals surface area contributed by atoms with Gasteiger partial charge >= 0.3 is 6.09 Å². The Kier molecular flexibility index (Phi) is 5.77. The molecule has 1 aromatic carbocycles. The molecule has 1 spiro atoms. The second kappa shape index (κ2) is 8.31. The van der Waals surface area contributed by atoms with Crippen LogP contribution in [-0.4, -0.2) is 56.9 Å². The van der Waals surface area contributed by atoms with Crippen LogP contribution < -0.4 is 14.9 Å². The molecule has 10 heteroatoms. The van der Waals surface area contributed by atoms with Crippen LogP contribution in [-0.2, 0) is 19.5 Å². The van der Waals surface area contributed by atoms with E-state index >= 15 is 0 Å². The Hall–Kier alpha value is -2.43. The maximum Gasteiger partial charge on any atom is 0.413 e. The summed E-state index contributed by atoms with van der Waals surface area (Å²) in [6.07, 6.45) is 3.05. The number of sulfonamides is 1. The molecule has 1 saturated carbocycles. The SMILES string of the molecule is CC1(NS(=O)(=O)c2cc(N3CCC4(CC3)COC4)c3ccc(NC(=O)OC(C)(C)C)nc3c2)CC1. The van der Waals surface area contributed by atoms with E-state index in [9.17, 15) is 13.2 Å². The number of pyridine rings is 1. The molecule has 0 unspecified atom stereocenters. The lowest BCUT2D eigenvalue weighted by Gasteiger charge is -2.48. The van der Waals surface area contributed by atoms with Crippen LogP contribution in [0, 0.1) is 5.41 Å². The fourth-order valence-electron chi connectivity index (χ4n) is 4.66. The zero-order valence-corrected chi connectivity index (χ0v) is 21.6. The highest BCUT2D eigenvalue weighted by Crippen LogP contribution is 2.42. The quantitative estimate of drug-likeness (QED) is 0.635. The maximum atomic E-state index is 13.3. The molecule has 9 nitrogen and oxygen atoms in total. The molecule has 0 bridgehead atoms. The third kappa shape index (κ3) is 5.24.